The lowest BCUT2D eigenvalue weighted by molar-refractivity contribution is 0.0175. The fraction of sp³-hybridized carbons (Fsp3) is 0.240. The minimum Gasteiger partial charge on any atom is -0.461 e. The number of halogens is 1. The van der Waals surface area contributed by atoms with Gasteiger partial charge >= 0.3 is 11.9 Å². The Bertz CT molecular complexity index is 1320. The van der Waals surface area contributed by atoms with Gasteiger partial charge in [0.2, 0.25) is 5.95 Å². The number of esters is 2. The van der Waals surface area contributed by atoms with Crippen LogP contribution < -0.4 is 5.73 Å². The number of imidazole rings is 1. The minimum atomic E-state index is -0.534. The van der Waals surface area contributed by atoms with Crippen LogP contribution in [0.2, 0.25) is 5.15 Å². The Morgan fingerprint density at radius 1 is 0.971 bits per heavy atom. The number of anilines is 1. The Kier molecular flexibility index (Phi) is 6.08. The number of rotatable bonds is 8. The number of nitrogens with two attached hydrogens (primary N) is 1. The van der Waals surface area contributed by atoms with E-state index in [4.69, 9.17) is 26.8 Å². The molecule has 0 aliphatic heterocycles. The van der Waals surface area contributed by atoms with Crippen LogP contribution in [0, 0.1) is 11.3 Å². The molecule has 0 radical (unpaired) electrons. The van der Waals surface area contributed by atoms with Gasteiger partial charge < -0.3 is 19.8 Å². The molecule has 35 heavy (non-hydrogen) atoms. The van der Waals surface area contributed by atoms with Gasteiger partial charge in [0.05, 0.1) is 17.5 Å². The van der Waals surface area contributed by atoms with Crippen LogP contribution in [0.1, 0.15) is 27.1 Å². The van der Waals surface area contributed by atoms with E-state index in [2.05, 4.69) is 15.0 Å². The number of nitrogens with zero attached hydrogens (tertiary/aromatic N) is 4. The first-order chi connectivity index (χ1) is 16.9. The molecule has 1 unspecified atom stereocenters. The number of benzene rings is 2. The molecule has 1 fully saturated rings. The standard InChI is InChI=1S/C25H22ClN5O4/c26-20-19-21(30-24(27)29-20)31(15-28-19)12-18-11-25(18,13-34-22(32)16-7-3-1-4-8-16)14-35-23(33)17-9-5-2-6-10-17/h1-10,15,18H,11-14H2,(H2,27,29,30). The van der Waals surface area contributed by atoms with E-state index >= 15 is 0 Å². The van der Waals surface area contributed by atoms with Crippen LogP contribution in [0.25, 0.3) is 11.2 Å². The van der Waals surface area contributed by atoms with Gasteiger partial charge in [0.1, 0.15) is 18.7 Å². The summed E-state index contributed by atoms with van der Waals surface area (Å²) >= 11 is 6.15. The van der Waals surface area contributed by atoms with Crippen LogP contribution in [0.3, 0.4) is 0 Å². The molecule has 5 rings (SSSR count). The van der Waals surface area contributed by atoms with Crippen molar-refractivity contribution < 1.29 is 19.1 Å². The molecular formula is C25H22ClN5O4. The van der Waals surface area contributed by atoms with Crippen molar-refractivity contribution in [2.45, 2.75) is 13.0 Å². The highest BCUT2D eigenvalue weighted by Crippen LogP contribution is 2.54. The second-order valence-electron chi connectivity index (χ2n) is 8.59. The Morgan fingerprint density at radius 2 is 1.54 bits per heavy atom. The average molecular weight is 492 g/mol. The van der Waals surface area contributed by atoms with Crippen LogP contribution in [0.4, 0.5) is 5.95 Å². The lowest BCUT2D eigenvalue weighted by atomic mass is 10.1. The van der Waals surface area contributed by atoms with E-state index in [1.165, 1.54) is 0 Å². The Balaban J connectivity index is 1.33. The summed E-state index contributed by atoms with van der Waals surface area (Å²) in [4.78, 5) is 37.6. The highest BCUT2D eigenvalue weighted by molar-refractivity contribution is 6.33. The van der Waals surface area contributed by atoms with Gasteiger partial charge in [-0.05, 0) is 36.6 Å². The number of hydrogen-bond donors (Lipinski definition) is 1. The molecule has 1 saturated carbocycles. The molecule has 9 nitrogen and oxygen atoms in total. The first kappa shape index (κ1) is 22.8. The van der Waals surface area contributed by atoms with Gasteiger partial charge in [0, 0.05) is 12.0 Å². The van der Waals surface area contributed by atoms with Crippen molar-refractivity contribution in [3.63, 3.8) is 0 Å². The van der Waals surface area contributed by atoms with Crippen molar-refractivity contribution in [2.24, 2.45) is 11.3 Å². The first-order valence-corrected chi connectivity index (χ1v) is 11.4. The lowest BCUT2D eigenvalue weighted by Gasteiger charge is -2.18. The Hall–Kier alpha value is -3.98. The monoisotopic (exact) mass is 491 g/mol. The van der Waals surface area contributed by atoms with Crippen molar-refractivity contribution in [2.75, 3.05) is 18.9 Å². The number of fused-ring (bicyclic) bond motifs is 1. The maximum absolute atomic E-state index is 12.6. The second kappa shape index (κ2) is 9.34. The van der Waals surface area contributed by atoms with Gasteiger partial charge in [-0.3, -0.25) is 0 Å². The van der Waals surface area contributed by atoms with E-state index < -0.39 is 17.4 Å². The summed E-state index contributed by atoms with van der Waals surface area (Å²) in [6, 6.07) is 17.5. The summed E-state index contributed by atoms with van der Waals surface area (Å²) in [5.41, 5.74) is 7.13. The molecule has 0 amide bonds. The predicted molar refractivity (Wildman–Crippen MR) is 129 cm³/mol. The van der Waals surface area contributed by atoms with Gasteiger partial charge in [0.25, 0.3) is 0 Å². The summed E-state index contributed by atoms with van der Waals surface area (Å²) in [6.07, 6.45) is 2.31. The zero-order valence-corrected chi connectivity index (χ0v) is 19.4. The number of hydrogen-bond acceptors (Lipinski definition) is 8. The van der Waals surface area contributed by atoms with Crippen LogP contribution in [-0.2, 0) is 16.0 Å². The van der Waals surface area contributed by atoms with Crippen molar-refractivity contribution >= 4 is 40.7 Å². The summed E-state index contributed by atoms with van der Waals surface area (Å²) in [5.74, 6) is -0.752. The van der Waals surface area contributed by atoms with Crippen molar-refractivity contribution in [1.82, 2.24) is 19.5 Å². The van der Waals surface area contributed by atoms with Crippen LogP contribution in [0.15, 0.2) is 67.0 Å². The summed E-state index contributed by atoms with van der Waals surface area (Å²) in [7, 11) is 0. The van der Waals surface area contributed by atoms with E-state index in [1.54, 1.807) is 54.9 Å². The van der Waals surface area contributed by atoms with E-state index in [-0.39, 0.29) is 30.2 Å². The molecule has 178 valence electrons. The summed E-state index contributed by atoms with van der Waals surface area (Å²) < 4.78 is 13.1. The van der Waals surface area contributed by atoms with Crippen LogP contribution >= 0.6 is 11.6 Å². The number of nitrogen functional groups attached to an aromatic ring is 1. The molecule has 2 heterocycles. The molecule has 2 N–H and O–H groups in total. The topological polar surface area (TPSA) is 122 Å². The zero-order valence-electron chi connectivity index (χ0n) is 18.6. The van der Waals surface area contributed by atoms with Crippen molar-refractivity contribution in [1.29, 1.82) is 0 Å². The molecule has 2 aromatic carbocycles. The Morgan fingerprint density at radius 3 is 2.11 bits per heavy atom. The number of aromatic nitrogens is 4. The third-order valence-electron chi connectivity index (χ3n) is 6.21. The maximum Gasteiger partial charge on any atom is 0.338 e. The minimum absolute atomic E-state index is 0.0435. The summed E-state index contributed by atoms with van der Waals surface area (Å²) in [5, 5.41) is 0.182. The molecule has 4 aromatic rings. The quantitative estimate of drug-likeness (QED) is 0.292. The Labute approximate surface area is 205 Å². The molecule has 2 aromatic heterocycles. The lowest BCUT2D eigenvalue weighted by Crippen LogP contribution is -2.25. The molecule has 1 atom stereocenters. The maximum atomic E-state index is 12.6. The SMILES string of the molecule is Nc1nc(Cl)c2ncn(CC3CC3(COC(=O)c3ccccc3)COC(=O)c3ccccc3)c2n1. The molecular weight excluding hydrogens is 470 g/mol. The van der Waals surface area contributed by atoms with E-state index in [9.17, 15) is 9.59 Å². The van der Waals surface area contributed by atoms with Gasteiger partial charge in [0.15, 0.2) is 10.8 Å². The van der Waals surface area contributed by atoms with Crippen LogP contribution in [0.5, 0.6) is 0 Å². The number of ether oxygens (including phenoxy) is 2. The predicted octanol–water partition coefficient (Wildman–Crippen LogP) is 3.78. The third kappa shape index (κ3) is 4.81. The fourth-order valence-corrected chi connectivity index (χ4v) is 4.34. The fourth-order valence-electron chi connectivity index (χ4n) is 4.12. The van der Waals surface area contributed by atoms with E-state index in [0.29, 0.717) is 35.3 Å². The van der Waals surface area contributed by atoms with E-state index in [0.717, 1.165) is 0 Å². The average Bonchev–Trinajstić information content (AvgIpc) is 3.41. The van der Waals surface area contributed by atoms with Gasteiger partial charge in [-0.2, -0.15) is 9.97 Å². The normalized spacial score (nSPS) is 16.1. The van der Waals surface area contributed by atoms with Crippen molar-refractivity contribution in [3.05, 3.63) is 83.3 Å². The molecule has 0 spiro atoms. The smallest absolute Gasteiger partial charge is 0.338 e. The molecule has 0 saturated heterocycles. The van der Waals surface area contributed by atoms with Crippen LogP contribution in [-0.4, -0.2) is 44.7 Å². The highest BCUT2D eigenvalue weighted by atomic mass is 35.5. The number of carbonyl (C=O) groups is 2. The highest BCUT2D eigenvalue weighted by Gasteiger charge is 2.56. The largest absolute Gasteiger partial charge is 0.461 e. The number of carbonyl (C=O) groups excluding carboxylic acids is 2. The van der Waals surface area contributed by atoms with E-state index in [1.807, 2.05) is 16.7 Å². The zero-order chi connectivity index (χ0) is 24.4. The molecule has 0 bridgehead atoms. The molecule has 10 heteroatoms. The van der Waals surface area contributed by atoms with Gasteiger partial charge in [-0.1, -0.05) is 48.0 Å². The van der Waals surface area contributed by atoms with Gasteiger partial charge in [-0.15, -0.1) is 0 Å². The van der Waals surface area contributed by atoms with Crippen molar-refractivity contribution in [3.8, 4) is 0 Å². The third-order valence-corrected chi connectivity index (χ3v) is 6.48. The molecule has 1 aliphatic rings. The molecule has 1 aliphatic carbocycles. The second-order valence-corrected chi connectivity index (χ2v) is 8.95. The first-order valence-electron chi connectivity index (χ1n) is 11.0. The summed E-state index contributed by atoms with van der Waals surface area (Å²) in [6.45, 7) is 0.727. The van der Waals surface area contributed by atoms with Gasteiger partial charge in [-0.25, -0.2) is 14.6 Å².